The van der Waals surface area contributed by atoms with E-state index < -0.39 is 22.0 Å². The molecule has 0 atom stereocenters. The number of ether oxygens (including phenoxy) is 2. The molecule has 0 saturated heterocycles. The summed E-state index contributed by atoms with van der Waals surface area (Å²) in [6.07, 6.45) is 5.95. The molecule has 1 aliphatic rings. The van der Waals surface area contributed by atoms with Crippen molar-refractivity contribution < 1.29 is 27.5 Å². The van der Waals surface area contributed by atoms with Crippen LogP contribution in [0.4, 0.5) is 10.5 Å². The summed E-state index contributed by atoms with van der Waals surface area (Å²) in [5, 5.41) is 3.80. The molecule has 1 fully saturated rings. The predicted octanol–water partition coefficient (Wildman–Crippen LogP) is 5.76. The molecule has 1 aliphatic carbocycles. The average molecular weight is 600 g/mol. The van der Waals surface area contributed by atoms with Gasteiger partial charge < -0.3 is 14.0 Å². The zero-order valence-corrected chi connectivity index (χ0v) is 25.1. The molecule has 0 aliphatic heterocycles. The molecule has 222 valence electrons. The highest BCUT2D eigenvalue weighted by Crippen LogP contribution is 2.30. The van der Waals surface area contributed by atoms with Crippen molar-refractivity contribution in [1.82, 2.24) is 9.29 Å². The van der Waals surface area contributed by atoms with Crippen molar-refractivity contribution in [2.75, 3.05) is 12.4 Å². The highest BCUT2D eigenvalue weighted by atomic mass is 32.2. The topological polar surface area (TPSA) is 116 Å². The van der Waals surface area contributed by atoms with Gasteiger partial charge in [0.1, 0.15) is 16.7 Å². The molecule has 10 heteroatoms. The first-order valence-corrected chi connectivity index (χ1v) is 15.5. The molecule has 4 aromatic rings. The van der Waals surface area contributed by atoms with Crippen molar-refractivity contribution in [3.05, 3.63) is 89.1 Å². The first-order chi connectivity index (χ1) is 20.7. The Kier molecular flexibility index (Phi) is 8.73. The normalized spacial score (nSPS) is 13.3. The van der Waals surface area contributed by atoms with E-state index in [1.807, 2.05) is 36.0 Å². The van der Waals surface area contributed by atoms with Crippen LogP contribution < -0.4 is 14.8 Å². The zero-order chi connectivity index (χ0) is 30.6. The van der Waals surface area contributed by atoms with Crippen LogP contribution in [0.1, 0.15) is 59.7 Å². The Labute approximate surface area is 251 Å². The van der Waals surface area contributed by atoms with E-state index in [0.29, 0.717) is 23.4 Å². The molecule has 0 radical (unpaired) electrons. The Morgan fingerprint density at radius 2 is 1.79 bits per heavy atom. The number of fused-ring (bicyclic) bond motifs is 1. The van der Waals surface area contributed by atoms with E-state index in [9.17, 15) is 18.0 Å². The summed E-state index contributed by atoms with van der Waals surface area (Å²) < 4.78 is 41.3. The maximum Gasteiger partial charge on any atom is 0.411 e. The largest absolute Gasteiger partial charge is 0.496 e. The summed E-state index contributed by atoms with van der Waals surface area (Å²) in [7, 11) is -0.720. The molecular formula is C33H33N3O6S. The van der Waals surface area contributed by atoms with Crippen LogP contribution >= 0.6 is 0 Å². The summed E-state index contributed by atoms with van der Waals surface area (Å²) in [6.45, 7) is 1.61. The van der Waals surface area contributed by atoms with Crippen LogP contribution in [-0.2, 0) is 28.2 Å². The van der Waals surface area contributed by atoms with Crippen molar-refractivity contribution >= 4 is 38.6 Å². The van der Waals surface area contributed by atoms with Gasteiger partial charge in [-0.3, -0.25) is 10.1 Å². The van der Waals surface area contributed by atoms with Gasteiger partial charge in [-0.15, -0.1) is 5.92 Å². The number of benzene rings is 3. The Morgan fingerprint density at radius 1 is 1.02 bits per heavy atom. The number of aryl methyl sites for hydroxylation is 1. The average Bonchev–Trinajstić information content (AvgIpc) is 3.60. The van der Waals surface area contributed by atoms with E-state index in [-0.39, 0.29) is 16.6 Å². The molecule has 0 unspecified atom stereocenters. The second-order valence-electron chi connectivity index (χ2n) is 10.4. The number of sulfonamides is 1. The smallest absolute Gasteiger partial charge is 0.411 e. The third kappa shape index (κ3) is 6.68. The van der Waals surface area contributed by atoms with E-state index >= 15 is 0 Å². The first-order valence-electron chi connectivity index (χ1n) is 14.0. The van der Waals surface area contributed by atoms with Gasteiger partial charge in [0.25, 0.3) is 15.9 Å². The minimum atomic E-state index is -4.16. The monoisotopic (exact) mass is 599 g/mol. The molecule has 2 N–H and O–H groups in total. The van der Waals surface area contributed by atoms with Crippen LogP contribution in [0, 0.1) is 11.8 Å². The Morgan fingerprint density at radius 3 is 2.53 bits per heavy atom. The Bertz CT molecular complexity index is 1860. The van der Waals surface area contributed by atoms with E-state index in [1.165, 1.54) is 19.2 Å². The summed E-state index contributed by atoms with van der Waals surface area (Å²) in [5.41, 5.74) is 3.84. The highest BCUT2D eigenvalue weighted by Gasteiger charge is 2.23. The van der Waals surface area contributed by atoms with Crippen LogP contribution in [-0.4, -0.2) is 38.2 Å². The van der Waals surface area contributed by atoms with E-state index in [0.717, 1.165) is 47.7 Å². The third-order valence-corrected chi connectivity index (χ3v) is 8.88. The molecule has 43 heavy (non-hydrogen) atoms. The fraction of sp³-hybridized carbons (Fsp3) is 0.273. The first kappa shape index (κ1) is 29.7. The van der Waals surface area contributed by atoms with Crippen LogP contribution in [0.5, 0.6) is 5.75 Å². The van der Waals surface area contributed by atoms with Crippen molar-refractivity contribution in [1.29, 1.82) is 0 Å². The minimum absolute atomic E-state index is 0.0279. The number of hydrogen-bond acceptors (Lipinski definition) is 6. The number of hydrogen-bond donors (Lipinski definition) is 2. The van der Waals surface area contributed by atoms with Gasteiger partial charge in [0.05, 0.1) is 7.11 Å². The number of anilines is 1. The summed E-state index contributed by atoms with van der Waals surface area (Å²) >= 11 is 0. The zero-order valence-electron chi connectivity index (χ0n) is 24.3. The molecule has 1 saturated carbocycles. The van der Waals surface area contributed by atoms with E-state index in [2.05, 4.69) is 21.9 Å². The molecule has 0 spiro atoms. The number of rotatable bonds is 8. The van der Waals surface area contributed by atoms with Crippen LogP contribution in [0.2, 0.25) is 0 Å². The number of aromatic nitrogens is 1. The van der Waals surface area contributed by atoms with Crippen molar-refractivity contribution in [3.63, 3.8) is 0 Å². The van der Waals surface area contributed by atoms with Gasteiger partial charge >= 0.3 is 6.09 Å². The van der Waals surface area contributed by atoms with E-state index in [4.69, 9.17) is 9.47 Å². The van der Waals surface area contributed by atoms with Gasteiger partial charge in [0.2, 0.25) is 0 Å². The lowest BCUT2D eigenvalue weighted by molar-refractivity contribution is 0.0980. The maximum atomic E-state index is 13.0. The summed E-state index contributed by atoms with van der Waals surface area (Å²) in [6, 6.07) is 16.8. The van der Waals surface area contributed by atoms with Crippen molar-refractivity contribution in [2.45, 2.75) is 50.0 Å². The maximum absolute atomic E-state index is 13.0. The Hall–Kier alpha value is -4.75. The number of nitrogens with zero attached hydrogens (tertiary/aromatic N) is 1. The van der Waals surface area contributed by atoms with Gasteiger partial charge in [-0.05, 0) is 86.2 Å². The SMILES string of the molecule is CC#Cc1ccccc1S(=O)(=O)NC(=O)c1ccc(Cc2cn(C)c3ccc(NC(=O)OC4CCCC4)cc23)c(OC)c1. The van der Waals surface area contributed by atoms with Gasteiger partial charge in [-0.2, -0.15) is 0 Å². The van der Waals surface area contributed by atoms with Gasteiger partial charge in [-0.25, -0.2) is 17.9 Å². The molecule has 3 aromatic carbocycles. The van der Waals surface area contributed by atoms with Gasteiger partial charge in [0, 0.05) is 47.4 Å². The highest BCUT2D eigenvalue weighted by molar-refractivity contribution is 7.90. The fourth-order valence-corrected chi connectivity index (χ4v) is 6.55. The molecule has 0 bridgehead atoms. The molecular weight excluding hydrogens is 566 g/mol. The lowest BCUT2D eigenvalue weighted by atomic mass is 10.0. The minimum Gasteiger partial charge on any atom is -0.496 e. The summed E-state index contributed by atoms with van der Waals surface area (Å²) in [4.78, 5) is 25.4. The third-order valence-electron chi connectivity index (χ3n) is 7.49. The molecule has 2 amide bonds. The number of carbonyl (C=O) groups is 2. The van der Waals surface area contributed by atoms with Crippen molar-refractivity contribution in [2.24, 2.45) is 7.05 Å². The summed E-state index contributed by atoms with van der Waals surface area (Å²) in [5.74, 6) is 5.10. The lowest BCUT2D eigenvalue weighted by Crippen LogP contribution is -2.31. The lowest BCUT2D eigenvalue weighted by Gasteiger charge is -2.13. The molecule has 9 nitrogen and oxygen atoms in total. The number of amides is 2. The molecule has 5 rings (SSSR count). The predicted molar refractivity (Wildman–Crippen MR) is 165 cm³/mol. The second kappa shape index (κ2) is 12.6. The van der Waals surface area contributed by atoms with Crippen LogP contribution in [0.15, 0.2) is 71.8 Å². The van der Waals surface area contributed by atoms with E-state index in [1.54, 1.807) is 37.3 Å². The fourth-order valence-electron chi connectivity index (χ4n) is 5.41. The van der Waals surface area contributed by atoms with Crippen LogP contribution in [0.25, 0.3) is 10.9 Å². The Balaban J connectivity index is 1.35. The number of methoxy groups -OCH3 is 1. The molecule has 1 heterocycles. The molecule has 1 aromatic heterocycles. The number of nitrogens with one attached hydrogen (secondary N) is 2. The van der Waals surface area contributed by atoms with Crippen LogP contribution in [0.3, 0.4) is 0 Å². The number of carbonyl (C=O) groups excluding carboxylic acids is 2. The van der Waals surface area contributed by atoms with Crippen molar-refractivity contribution in [3.8, 4) is 17.6 Å². The quantitative estimate of drug-likeness (QED) is 0.249. The van der Waals surface area contributed by atoms with Gasteiger partial charge in [0.15, 0.2) is 0 Å². The second-order valence-corrected chi connectivity index (χ2v) is 12.1. The standard InChI is InChI=1S/C33H33N3O6S/c1-4-9-22-10-5-8-13-31(22)43(39,40)35-32(37)24-15-14-23(30(19-24)41-3)18-25-21-36(2)29-17-16-26(20-28(25)29)34-33(38)42-27-11-6-7-12-27/h5,8,10,13-17,19-21,27H,6-7,11-12,18H2,1-3H3,(H,34,38)(H,35,37). The van der Waals surface area contributed by atoms with Gasteiger partial charge in [-0.1, -0.05) is 24.1 Å².